The molecule has 0 spiro atoms. The van der Waals surface area contributed by atoms with E-state index in [1.54, 1.807) is 26.0 Å². The Morgan fingerprint density at radius 1 is 1.20 bits per heavy atom. The normalized spacial score (nSPS) is 28.9. The Morgan fingerprint density at radius 3 is 2.25 bits per heavy atom. The fraction of sp³-hybridized carbons (Fsp3) is 0.867. The van der Waals surface area contributed by atoms with Crippen molar-refractivity contribution in [1.82, 2.24) is 9.80 Å². The zero-order chi connectivity index (χ0) is 15.7. The van der Waals surface area contributed by atoms with Crippen LogP contribution in [-0.4, -0.2) is 55.3 Å². The summed E-state index contributed by atoms with van der Waals surface area (Å²) in [5.74, 6) is 0.239. The van der Waals surface area contributed by atoms with Gasteiger partial charge in [-0.3, -0.25) is 9.59 Å². The van der Waals surface area contributed by atoms with Gasteiger partial charge in [0.05, 0.1) is 6.54 Å². The van der Waals surface area contributed by atoms with Crippen LogP contribution in [0.4, 0.5) is 0 Å². The van der Waals surface area contributed by atoms with Crippen LogP contribution in [0.15, 0.2) is 0 Å². The smallest absolute Gasteiger partial charge is 0.241 e. The first-order valence-electron chi connectivity index (χ1n) is 7.29. The first-order valence-corrected chi connectivity index (χ1v) is 7.29. The van der Waals surface area contributed by atoms with Gasteiger partial charge in [0.25, 0.3) is 0 Å². The molecule has 1 aliphatic rings. The van der Waals surface area contributed by atoms with E-state index in [-0.39, 0.29) is 35.7 Å². The maximum atomic E-state index is 12.6. The van der Waals surface area contributed by atoms with Gasteiger partial charge in [-0.25, -0.2) is 0 Å². The van der Waals surface area contributed by atoms with Gasteiger partial charge in [0, 0.05) is 33.1 Å². The lowest BCUT2D eigenvalue weighted by molar-refractivity contribution is -0.146. The van der Waals surface area contributed by atoms with Crippen LogP contribution in [0.1, 0.15) is 33.6 Å². The Morgan fingerprint density at radius 2 is 1.75 bits per heavy atom. The van der Waals surface area contributed by atoms with Crippen LogP contribution in [0.25, 0.3) is 0 Å². The summed E-state index contributed by atoms with van der Waals surface area (Å²) in [5, 5.41) is 0. The highest BCUT2D eigenvalue weighted by molar-refractivity contribution is 5.86. The third-order valence-electron chi connectivity index (χ3n) is 5.05. The van der Waals surface area contributed by atoms with E-state index < -0.39 is 0 Å². The van der Waals surface area contributed by atoms with Gasteiger partial charge in [0.15, 0.2) is 0 Å². The molecule has 116 valence electrons. The second-order valence-corrected chi connectivity index (χ2v) is 6.89. The highest BCUT2D eigenvalue weighted by atomic mass is 16.2. The van der Waals surface area contributed by atoms with Crippen molar-refractivity contribution in [2.75, 3.05) is 27.7 Å². The second kappa shape index (κ2) is 6.12. The molecule has 3 atom stereocenters. The van der Waals surface area contributed by atoms with Crippen molar-refractivity contribution in [2.24, 2.45) is 23.0 Å². The molecule has 3 unspecified atom stereocenters. The van der Waals surface area contributed by atoms with E-state index in [0.717, 1.165) is 12.8 Å². The van der Waals surface area contributed by atoms with Crippen molar-refractivity contribution in [3.8, 4) is 0 Å². The summed E-state index contributed by atoms with van der Waals surface area (Å²) in [6, 6.07) is 0.155. The molecule has 0 heterocycles. The molecule has 5 heteroatoms. The highest BCUT2D eigenvalue weighted by Crippen LogP contribution is 2.44. The van der Waals surface area contributed by atoms with Crippen molar-refractivity contribution in [2.45, 2.75) is 39.7 Å². The van der Waals surface area contributed by atoms with Crippen LogP contribution in [0, 0.1) is 17.3 Å². The molecule has 1 rings (SSSR count). The molecule has 0 radical (unpaired) electrons. The van der Waals surface area contributed by atoms with Gasteiger partial charge in [-0.05, 0) is 24.2 Å². The number of carbonyl (C=O) groups is 2. The number of rotatable bonds is 3. The van der Waals surface area contributed by atoms with E-state index >= 15 is 0 Å². The monoisotopic (exact) mass is 283 g/mol. The predicted molar refractivity (Wildman–Crippen MR) is 80.0 cm³/mol. The fourth-order valence-corrected chi connectivity index (χ4v) is 2.98. The van der Waals surface area contributed by atoms with Crippen LogP contribution < -0.4 is 5.73 Å². The average Bonchev–Trinajstić information content (AvgIpc) is 2.35. The zero-order valence-corrected chi connectivity index (χ0v) is 13.6. The minimum atomic E-state index is -0.135. The molecule has 0 aromatic rings. The van der Waals surface area contributed by atoms with Crippen molar-refractivity contribution in [1.29, 1.82) is 0 Å². The molecule has 1 fully saturated rings. The quantitative estimate of drug-likeness (QED) is 0.838. The Balaban J connectivity index is 2.78. The Bertz CT molecular complexity index is 379. The first kappa shape index (κ1) is 17.0. The Labute approximate surface area is 122 Å². The van der Waals surface area contributed by atoms with Crippen LogP contribution in [0.5, 0.6) is 0 Å². The minimum Gasteiger partial charge on any atom is -0.347 e. The van der Waals surface area contributed by atoms with E-state index in [0.29, 0.717) is 5.92 Å². The van der Waals surface area contributed by atoms with Crippen LogP contribution in [-0.2, 0) is 9.59 Å². The molecule has 1 aliphatic carbocycles. The highest BCUT2D eigenvalue weighted by Gasteiger charge is 2.45. The maximum Gasteiger partial charge on any atom is 0.241 e. The lowest BCUT2D eigenvalue weighted by Crippen LogP contribution is -2.52. The van der Waals surface area contributed by atoms with Gasteiger partial charge in [-0.15, -0.1) is 0 Å². The second-order valence-electron chi connectivity index (χ2n) is 6.89. The SMILES string of the molecule is CC1C(N)CCC(C(=O)N(C)CC(=O)N(C)C)C1(C)C. The molecule has 0 saturated heterocycles. The summed E-state index contributed by atoms with van der Waals surface area (Å²) in [6.07, 6.45) is 1.67. The summed E-state index contributed by atoms with van der Waals surface area (Å²) < 4.78 is 0. The van der Waals surface area contributed by atoms with Crippen molar-refractivity contribution in [3.05, 3.63) is 0 Å². The maximum absolute atomic E-state index is 12.6. The fourth-order valence-electron chi connectivity index (χ4n) is 2.98. The van der Waals surface area contributed by atoms with Crippen molar-refractivity contribution in [3.63, 3.8) is 0 Å². The largest absolute Gasteiger partial charge is 0.347 e. The molecule has 0 aromatic heterocycles. The average molecular weight is 283 g/mol. The third kappa shape index (κ3) is 3.32. The number of hydrogen-bond donors (Lipinski definition) is 1. The third-order valence-corrected chi connectivity index (χ3v) is 5.05. The Kier molecular flexibility index (Phi) is 5.19. The van der Waals surface area contributed by atoms with Gasteiger partial charge in [0.1, 0.15) is 0 Å². The van der Waals surface area contributed by atoms with Gasteiger partial charge < -0.3 is 15.5 Å². The lowest BCUT2D eigenvalue weighted by atomic mass is 9.61. The number of likely N-dealkylation sites (N-methyl/N-ethyl adjacent to an activating group) is 2. The number of nitrogens with zero attached hydrogens (tertiary/aromatic N) is 2. The van der Waals surface area contributed by atoms with Gasteiger partial charge in [-0.1, -0.05) is 20.8 Å². The number of carbonyl (C=O) groups excluding carboxylic acids is 2. The summed E-state index contributed by atoms with van der Waals surface area (Å²) >= 11 is 0. The van der Waals surface area contributed by atoms with Crippen LogP contribution >= 0.6 is 0 Å². The molecule has 1 saturated carbocycles. The van der Waals surface area contributed by atoms with E-state index in [1.165, 1.54) is 4.90 Å². The molecular formula is C15H29N3O2. The molecule has 20 heavy (non-hydrogen) atoms. The zero-order valence-electron chi connectivity index (χ0n) is 13.6. The predicted octanol–water partition coefficient (Wildman–Crippen LogP) is 0.933. The Hall–Kier alpha value is -1.10. The van der Waals surface area contributed by atoms with Crippen molar-refractivity contribution < 1.29 is 9.59 Å². The van der Waals surface area contributed by atoms with Gasteiger partial charge >= 0.3 is 0 Å². The molecule has 5 nitrogen and oxygen atoms in total. The molecule has 0 aliphatic heterocycles. The minimum absolute atomic E-state index is 0.0563. The first-order chi connectivity index (χ1) is 9.09. The lowest BCUT2D eigenvalue weighted by Gasteiger charge is -2.47. The number of hydrogen-bond acceptors (Lipinski definition) is 3. The van der Waals surface area contributed by atoms with Gasteiger partial charge in [-0.2, -0.15) is 0 Å². The molecule has 2 N–H and O–H groups in total. The summed E-state index contributed by atoms with van der Waals surface area (Å²) in [7, 11) is 5.11. The molecule has 0 aromatic carbocycles. The van der Waals surface area contributed by atoms with E-state index in [2.05, 4.69) is 20.8 Å². The van der Waals surface area contributed by atoms with Crippen LogP contribution in [0.2, 0.25) is 0 Å². The van der Waals surface area contributed by atoms with E-state index in [9.17, 15) is 9.59 Å². The number of amides is 2. The van der Waals surface area contributed by atoms with Gasteiger partial charge in [0.2, 0.25) is 11.8 Å². The summed E-state index contributed by atoms with van der Waals surface area (Å²) in [5.41, 5.74) is 5.99. The van der Waals surface area contributed by atoms with E-state index in [4.69, 9.17) is 5.73 Å². The van der Waals surface area contributed by atoms with Crippen LogP contribution in [0.3, 0.4) is 0 Å². The number of nitrogens with two attached hydrogens (primary N) is 1. The standard InChI is InChI=1S/C15H29N3O2/c1-10-12(16)8-7-11(15(10,2)3)14(20)18(6)9-13(19)17(4)5/h10-12H,7-9,16H2,1-6H3. The topological polar surface area (TPSA) is 66.6 Å². The molecule has 0 bridgehead atoms. The van der Waals surface area contributed by atoms with E-state index in [1.807, 2.05) is 0 Å². The summed E-state index contributed by atoms with van der Waals surface area (Å²) in [6.45, 7) is 6.48. The van der Waals surface area contributed by atoms with Crippen molar-refractivity contribution >= 4 is 11.8 Å². The molecule has 2 amide bonds. The molecular weight excluding hydrogens is 254 g/mol. The summed E-state index contributed by atoms with van der Waals surface area (Å²) in [4.78, 5) is 27.4.